The molecular formula is C23H23NO4S2. The number of benzene rings is 2. The molecule has 1 N–H and O–H groups in total. The summed E-state index contributed by atoms with van der Waals surface area (Å²) in [5, 5.41) is 2.35. The molecule has 30 heavy (non-hydrogen) atoms. The number of amides is 1. The Bertz CT molecular complexity index is 1130. The number of hydrogen-bond acceptors (Lipinski definition) is 5. The largest absolute Gasteiger partial charge is 0.351 e. The lowest BCUT2D eigenvalue weighted by Gasteiger charge is -2.09. The van der Waals surface area contributed by atoms with Crippen LogP contribution in [-0.2, 0) is 27.6 Å². The van der Waals surface area contributed by atoms with Crippen LogP contribution in [0.25, 0.3) is 0 Å². The summed E-state index contributed by atoms with van der Waals surface area (Å²) >= 11 is 1.36. The van der Waals surface area contributed by atoms with E-state index in [0.717, 1.165) is 10.4 Å². The molecule has 3 rings (SSSR count). The van der Waals surface area contributed by atoms with Crippen molar-refractivity contribution < 1.29 is 18.0 Å². The molecule has 0 unspecified atom stereocenters. The molecule has 1 heterocycles. The van der Waals surface area contributed by atoms with Crippen LogP contribution >= 0.6 is 11.3 Å². The predicted molar refractivity (Wildman–Crippen MR) is 119 cm³/mol. The minimum absolute atomic E-state index is 0.0328. The Balaban J connectivity index is 1.55. The number of carbonyl (C=O) groups excluding carboxylic acids is 2. The van der Waals surface area contributed by atoms with Gasteiger partial charge in [0, 0.05) is 10.4 Å². The minimum Gasteiger partial charge on any atom is -0.351 e. The molecule has 0 spiro atoms. The molecule has 0 saturated carbocycles. The van der Waals surface area contributed by atoms with Crippen LogP contribution in [0.1, 0.15) is 39.5 Å². The number of sulfone groups is 1. The van der Waals surface area contributed by atoms with E-state index in [1.165, 1.54) is 11.3 Å². The number of hydrogen-bond donors (Lipinski definition) is 1. The second kappa shape index (κ2) is 9.36. The number of rotatable bonds is 8. The maximum Gasteiger partial charge on any atom is 0.224 e. The molecular weight excluding hydrogens is 418 g/mol. The summed E-state index contributed by atoms with van der Waals surface area (Å²) in [5.41, 5.74) is 1.37. The van der Waals surface area contributed by atoms with Gasteiger partial charge in [0.15, 0.2) is 9.84 Å². The molecule has 0 aliphatic rings. The summed E-state index contributed by atoms with van der Waals surface area (Å²) in [7, 11) is -3.32. The fraction of sp³-hybridized carbons (Fsp3) is 0.217. The molecule has 0 fully saturated rings. The first kappa shape index (κ1) is 21.9. The molecule has 3 aromatic rings. The van der Waals surface area contributed by atoms with Crippen molar-refractivity contribution >= 4 is 32.9 Å². The minimum atomic E-state index is -3.32. The predicted octanol–water partition coefficient (Wildman–Crippen LogP) is 4.02. The molecule has 1 amide bonds. The van der Waals surface area contributed by atoms with Crippen molar-refractivity contribution in [1.82, 2.24) is 5.32 Å². The average molecular weight is 442 g/mol. The average Bonchev–Trinajstić information content (AvgIpc) is 3.22. The van der Waals surface area contributed by atoms with Gasteiger partial charge >= 0.3 is 0 Å². The first-order valence-electron chi connectivity index (χ1n) is 9.55. The van der Waals surface area contributed by atoms with Crippen molar-refractivity contribution in [3.05, 3.63) is 87.6 Å². The van der Waals surface area contributed by atoms with Gasteiger partial charge < -0.3 is 5.32 Å². The highest BCUT2D eigenvalue weighted by Gasteiger charge is 2.19. The fourth-order valence-electron chi connectivity index (χ4n) is 2.83. The summed E-state index contributed by atoms with van der Waals surface area (Å²) in [5.74, 6) is -0.201. The molecule has 0 saturated heterocycles. The van der Waals surface area contributed by atoms with Gasteiger partial charge in [-0.15, -0.1) is 11.3 Å². The Kier molecular flexibility index (Phi) is 6.84. The quantitative estimate of drug-likeness (QED) is 0.536. The first-order valence-corrected chi connectivity index (χ1v) is 11.9. The summed E-state index contributed by atoms with van der Waals surface area (Å²) in [4.78, 5) is 26.5. The van der Waals surface area contributed by atoms with E-state index in [1.54, 1.807) is 56.3 Å². The van der Waals surface area contributed by atoms with Gasteiger partial charge in [-0.05, 0) is 43.7 Å². The Morgan fingerprint density at radius 2 is 1.60 bits per heavy atom. The van der Waals surface area contributed by atoms with Crippen molar-refractivity contribution in [1.29, 1.82) is 0 Å². The first-order chi connectivity index (χ1) is 14.3. The smallest absolute Gasteiger partial charge is 0.224 e. The maximum absolute atomic E-state index is 12.5. The number of nitrogens with one attached hydrogen (secondary N) is 1. The number of carbonyl (C=O) groups is 2. The molecule has 5 nitrogen and oxygen atoms in total. The van der Waals surface area contributed by atoms with Crippen molar-refractivity contribution in [2.75, 3.05) is 0 Å². The van der Waals surface area contributed by atoms with Crippen molar-refractivity contribution in [3.8, 4) is 0 Å². The molecule has 1 aromatic heterocycles. The molecule has 0 atom stereocenters. The van der Waals surface area contributed by atoms with Crippen LogP contribution in [0.3, 0.4) is 0 Å². The van der Waals surface area contributed by atoms with Crippen LogP contribution in [-0.4, -0.2) is 25.4 Å². The third-order valence-corrected chi connectivity index (χ3v) is 7.87. The van der Waals surface area contributed by atoms with Gasteiger partial charge in [-0.25, -0.2) is 8.42 Å². The zero-order valence-electron chi connectivity index (χ0n) is 16.8. The van der Waals surface area contributed by atoms with Gasteiger partial charge in [-0.1, -0.05) is 42.5 Å². The van der Waals surface area contributed by atoms with E-state index in [9.17, 15) is 18.0 Å². The summed E-state index contributed by atoms with van der Waals surface area (Å²) in [6.07, 6.45) is 0.156. The molecule has 0 aliphatic heterocycles. The Hall–Kier alpha value is -2.77. The van der Waals surface area contributed by atoms with Gasteiger partial charge in [-0.2, -0.15) is 0 Å². The zero-order chi connectivity index (χ0) is 21.7. The van der Waals surface area contributed by atoms with Crippen LogP contribution in [0.15, 0.2) is 71.6 Å². The molecule has 156 valence electrons. The van der Waals surface area contributed by atoms with Gasteiger partial charge in [0.25, 0.3) is 0 Å². The standard InChI is InChI=1S/C23H23NO4S2/c1-16(2)30(27,28)20-11-8-17(9-12-20)14-22(25)24-15-19-10-13-21(29-19)23(26)18-6-4-3-5-7-18/h3-13,16H,14-15H2,1-2H3,(H,24,25). The second-order valence-corrected chi connectivity index (χ2v) is 10.8. The van der Waals surface area contributed by atoms with Crippen LogP contribution < -0.4 is 5.32 Å². The van der Waals surface area contributed by atoms with E-state index < -0.39 is 15.1 Å². The fourth-order valence-corrected chi connectivity index (χ4v) is 4.80. The zero-order valence-corrected chi connectivity index (χ0v) is 18.4. The van der Waals surface area contributed by atoms with E-state index in [0.29, 0.717) is 17.0 Å². The van der Waals surface area contributed by atoms with Gasteiger partial charge in [-0.3, -0.25) is 9.59 Å². The van der Waals surface area contributed by atoms with Crippen LogP contribution in [0.5, 0.6) is 0 Å². The van der Waals surface area contributed by atoms with E-state index in [1.807, 2.05) is 24.3 Å². The van der Waals surface area contributed by atoms with Crippen molar-refractivity contribution in [2.45, 2.75) is 37.0 Å². The van der Waals surface area contributed by atoms with Gasteiger partial charge in [0.05, 0.1) is 28.0 Å². The number of thiophene rings is 1. The lowest BCUT2D eigenvalue weighted by atomic mass is 10.1. The van der Waals surface area contributed by atoms with Crippen LogP contribution in [0.4, 0.5) is 0 Å². The maximum atomic E-state index is 12.5. The SMILES string of the molecule is CC(C)S(=O)(=O)c1ccc(CC(=O)NCc2ccc(C(=O)c3ccccc3)s2)cc1. The van der Waals surface area contributed by atoms with Crippen LogP contribution in [0, 0.1) is 0 Å². The van der Waals surface area contributed by atoms with Crippen molar-refractivity contribution in [3.63, 3.8) is 0 Å². The molecule has 0 aliphatic carbocycles. The topological polar surface area (TPSA) is 80.3 Å². The normalized spacial score (nSPS) is 11.4. The third-order valence-electron chi connectivity index (χ3n) is 4.62. The summed E-state index contributed by atoms with van der Waals surface area (Å²) < 4.78 is 24.3. The highest BCUT2D eigenvalue weighted by atomic mass is 32.2. The summed E-state index contributed by atoms with van der Waals surface area (Å²) in [6, 6.07) is 19.1. The number of ketones is 1. The Labute approximate surface area is 180 Å². The van der Waals surface area contributed by atoms with E-state index in [2.05, 4.69) is 5.32 Å². The van der Waals surface area contributed by atoms with E-state index >= 15 is 0 Å². The van der Waals surface area contributed by atoms with Gasteiger partial charge in [0.1, 0.15) is 0 Å². The molecule has 0 bridgehead atoms. The lowest BCUT2D eigenvalue weighted by molar-refractivity contribution is -0.120. The second-order valence-electron chi connectivity index (χ2n) is 7.15. The highest BCUT2D eigenvalue weighted by molar-refractivity contribution is 7.92. The van der Waals surface area contributed by atoms with Crippen molar-refractivity contribution in [2.24, 2.45) is 0 Å². The summed E-state index contributed by atoms with van der Waals surface area (Å²) in [6.45, 7) is 3.62. The Morgan fingerprint density at radius 3 is 2.23 bits per heavy atom. The van der Waals surface area contributed by atoms with Crippen LogP contribution in [0.2, 0.25) is 0 Å². The lowest BCUT2D eigenvalue weighted by Crippen LogP contribution is -2.24. The highest BCUT2D eigenvalue weighted by Crippen LogP contribution is 2.20. The molecule has 7 heteroatoms. The monoisotopic (exact) mass is 441 g/mol. The van der Waals surface area contributed by atoms with Gasteiger partial charge in [0.2, 0.25) is 11.7 Å². The Morgan fingerprint density at radius 1 is 0.933 bits per heavy atom. The van der Waals surface area contributed by atoms with E-state index in [4.69, 9.17) is 0 Å². The molecule has 0 radical (unpaired) electrons. The third kappa shape index (κ3) is 5.23. The molecule has 2 aromatic carbocycles. The van der Waals surface area contributed by atoms with E-state index in [-0.39, 0.29) is 23.0 Å².